The monoisotopic (exact) mass is 544 g/mol. The van der Waals surface area contributed by atoms with Crippen LogP contribution >= 0.6 is 0 Å². The predicted octanol–water partition coefficient (Wildman–Crippen LogP) is -6.14. The first-order chi connectivity index (χ1) is 10.8. The number of hydrogen-bond acceptors (Lipinski definition) is 11. The maximum atomic E-state index is 9.98. The zero-order valence-electron chi connectivity index (χ0n) is 12.2. The standard InChI is InChI=1S/C11H20O10.Au.2H2O/c12-1-4(15)10(5(16)2-13)21-11-9(19)8(18)7(17)6(3-14)20-11;;;/h1,4-15,17-19H,2-3H2;;2*1H2/q-1;+2;;/p-1/t4-,5-,6-,7+,8+,9-,10+,11+;;;/m1.../s1. The summed E-state index contributed by atoms with van der Waals surface area (Å²) in [5.41, 5.74) is 0. The normalized spacial score (nSPS) is 48.0. The van der Waals surface area contributed by atoms with Crippen molar-refractivity contribution in [1.82, 2.24) is 0 Å². The summed E-state index contributed by atoms with van der Waals surface area (Å²) >= 11 is -3.23. The Morgan fingerprint density at radius 3 is 1.96 bits per heavy atom. The number of aliphatic hydroxyl groups excluding tert-OH is 7. The first-order valence-corrected chi connectivity index (χ1v) is 9.79. The Hall–Kier alpha value is 0.260. The van der Waals surface area contributed by atoms with Gasteiger partial charge in [-0.15, -0.1) is 0 Å². The molecule has 2 saturated heterocycles. The second-order valence-corrected chi connectivity index (χ2v) is 8.37. The fourth-order valence-corrected chi connectivity index (χ4v) is 4.73. The topological polar surface area (TPSA) is 221 Å². The van der Waals surface area contributed by atoms with Gasteiger partial charge in [-0.2, -0.15) is 0 Å². The van der Waals surface area contributed by atoms with E-state index in [-0.39, 0.29) is 5.48 Å². The van der Waals surface area contributed by atoms with Gasteiger partial charge in [0.1, 0.15) is 0 Å². The summed E-state index contributed by atoms with van der Waals surface area (Å²) in [5.74, 6) is 0. The second kappa shape index (κ2) is 9.27. The molecule has 0 bridgehead atoms. The van der Waals surface area contributed by atoms with Crippen LogP contribution in [0.15, 0.2) is 0 Å². The molecule has 2 rings (SSSR count). The first kappa shape index (κ1) is 22.3. The van der Waals surface area contributed by atoms with Crippen LogP contribution in [0.5, 0.6) is 0 Å². The molecule has 13 heteroatoms. The summed E-state index contributed by atoms with van der Waals surface area (Å²) < 4.78 is 23.4. The zero-order chi connectivity index (χ0) is 17.3. The molecule has 0 aromatic carbocycles. The molecule has 0 spiro atoms. The molecule has 2 heterocycles. The van der Waals surface area contributed by atoms with Crippen LogP contribution in [0.3, 0.4) is 0 Å². The van der Waals surface area contributed by atoms with E-state index in [2.05, 4.69) is 0 Å². The quantitative estimate of drug-likeness (QED) is 0.156. The third-order valence-electron chi connectivity index (χ3n) is 3.60. The van der Waals surface area contributed by atoms with Gasteiger partial charge in [0.25, 0.3) is 0 Å². The van der Waals surface area contributed by atoms with Crippen molar-refractivity contribution in [3.8, 4) is 0 Å². The van der Waals surface area contributed by atoms with Crippen LogP contribution in [-0.2, 0) is 32.0 Å². The van der Waals surface area contributed by atoms with Gasteiger partial charge < -0.3 is 5.48 Å². The Balaban J connectivity index is 0.00000288. The van der Waals surface area contributed by atoms with Gasteiger partial charge in [-0.05, 0) is 0 Å². The van der Waals surface area contributed by atoms with E-state index >= 15 is 0 Å². The molecule has 0 amide bonds. The first-order valence-electron chi connectivity index (χ1n) is 6.68. The Morgan fingerprint density at radius 1 is 0.833 bits per heavy atom. The number of ether oxygens (including phenoxy) is 2. The summed E-state index contributed by atoms with van der Waals surface area (Å²) in [4.78, 5) is 0. The molecule has 2 aliphatic rings. The van der Waals surface area contributed by atoms with E-state index in [0.29, 0.717) is 0 Å². The van der Waals surface area contributed by atoms with Crippen LogP contribution in [0.25, 0.3) is 0 Å². The molecule has 150 valence electrons. The molecule has 10 N–H and O–H groups in total. The van der Waals surface area contributed by atoms with Crippen LogP contribution in [0.1, 0.15) is 0 Å². The summed E-state index contributed by atoms with van der Waals surface area (Å²) in [5, 5.41) is 67.2. The van der Waals surface area contributed by atoms with Crippen LogP contribution in [0.4, 0.5) is 0 Å². The molecule has 0 aromatic heterocycles. The van der Waals surface area contributed by atoms with Crippen LogP contribution < -0.4 is 0 Å². The number of aliphatic hydroxyl groups is 7. The Kier molecular flexibility index (Phi) is 8.61. The molecule has 24 heavy (non-hydrogen) atoms. The van der Waals surface area contributed by atoms with E-state index in [9.17, 15) is 34.3 Å². The van der Waals surface area contributed by atoms with Gasteiger partial charge in [-0.3, -0.25) is 0 Å². The molecule has 9 atom stereocenters. The Morgan fingerprint density at radius 2 is 1.42 bits per heavy atom. The van der Waals surface area contributed by atoms with Crippen molar-refractivity contribution in [3.05, 3.63) is 0 Å². The molecule has 0 aliphatic carbocycles. The van der Waals surface area contributed by atoms with Crippen molar-refractivity contribution in [2.75, 3.05) is 13.2 Å². The fourth-order valence-electron chi connectivity index (χ4n) is 2.26. The van der Waals surface area contributed by atoms with Gasteiger partial charge >= 0.3 is 138 Å². The van der Waals surface area contributed by atoms with Crippen LogP contribution in [0, 0.1) is 0 Å². The minimum atomic E-state index is -3.23. The van der Waals surface area contributed by atoms with Gasteiger partial charge in [-0.1, -0.05) is 0 Å². The third kappa shape index (κ3) is 4.32. The molecule has 0 saturated carbocycles. The third-order valence-corrected chi connectivity index (χ3v) is 6.61. The molecule has 0 aromatic rings. The molecular weight excluding hydrogens is 521 g/mol. The van der Waals surface area contributed by atoms with Crippen LogP contribution in [-0.4, -0.2) is 111 Å². The molecular formula is C11H23AuO12. The van der Waals surface area contributed by atoms with E-state index in [0.717, 1.165) is 0 Å². The SMILES string of the molecule is O.OC[C@H]1O[C@@H](O[C@H]2[C@H](O)[C@@H](O)[Au]([OH])[O][C@@H]2CO)[C@H](O)[C@@H](O)[C@H]1O. The van der Waals surface area contributed by atoms with Crippen molar-refractivity contribution >= 4 is 0 Å². The number of rotatable bonds is 4. The number of hydrogen-bond donors (Lipinski definition) is 8. The fraction of sp³-hybridized carbons (Fsp3) is 1.00. The van der Waals surface area contributed by atoms with Gasteiger partial charge in [0.15, 0.2) is 0 Å². The summed E-state index contributed by atoms with van der Waals surface area (Å²) in [6.07, 6.45) is -11.9. The zero-order valence-corrected chi connectivity index (χ0v) is 14.4. The Labute approximate surface area is 143 Å². The van der Waals surface area contributed by atoms with Crippen LogP contribution in [0.2, 0.25) is 0 Å². The van der Waals surface area contributed by atoms with Crippen molar-refractivity contribution in [2.24, 2.45) is 0 Å². The predicted molar refractivity (Wildman–Crippen MR) is 68.4 cm³/mol. The average molecular weight is 544 g/mol. The molecule has 12 nitrogen and oxygen atoms in total. The molecule has 2 aliphatic heterocycles. The second-order valence-electron chi connectivity index (χ2n) is 5.11. The van der Waals surface area contributed by atoms with Gasteiger partial charge in [0.2, 0.25) is 0 Å². The van der Waals surface area contributed by atoms with Crippen molar-refractivity contribution in [1.29, 1.82) is 0 Å². The van der Waals surface area contributed by atoms with Gasteiger partial charge in [0.05, 0.1) is 0 Å². The van der Waals surface area contributed by atoms with E-state index in [4.69, 9.17) is 17.8 Å². The van der Waals surface area contributed by atoms with Gasteiger partial charge in [-0.25, -0.2) is 0 Å². The van der Waals surface area contributed by atoms with E-state index < -0.39 is 85.8 Å². The Bertz CT molecular complexity index is 384. The minimum absolute atomic E-state index is 0. The maximum absolute atomic E-state index is 9.98. The van der Waals surface area contributed by atoms with Gasteiger partial charge in [0, 0.05) is 0 Å². The molecule has 0 radical (unpaired) electrons. The van der Waals surface area contributed by atoms with Crippen molar-refractivity contribution < 1.29 is 76.8 Å². The van der Waals surface area contributed by atoms with Crippen molar-refractivity contribution in [3.63, 3.8) is 0 Å². The summed E-state index contributed by atoms with van der Waals surface area (Å²) in [6.45, 7) is -1.30. The summed E-state index contributed by atoms with van der Waals surface area (Å²) in [7, 11) is 0. The van der Waals surface area contributed by atoms with E-state index in [1.807, 2.05) is 0 Å². The van der Waals surface area contributed by atoms with E-state index in [1.165, 1.54) is 0 Å². The molecule has 2 fully saturated rings. The average Bonchev–Trinajstić information content (AvgIpc) is 2.55. The van der Waals surface area contributed by atoms with Crippen molar-refractivity contribution in [2.45, 2.75) is 53.3 Å². The molecule has 0 unspecified atom stereocenters. The summed E-state index contributed by atoms with van der Waals surface area (Å²) in [6, 6.07) is 0. The van der Waals surface area contributed by atoms with E-state index in [1.54, 1.807) is 0 Å².